The molecule has 7 nitrogen and oxygen atoms in total. The van der Waals surface area contributed by atoms with E-state index in [9.17, 15) is 9.59 Å². The van der Waals surface area contributed by atoms with E-state index in [1.165, 1.54) is 17.4 Å². The zero-order valence-corrected chi connectivity index (χ0v) is 12.7. The molecule has 1 saturated heterocycles. The first-order chi connectivity index (χ1) is 10.5. The zero-order chi connectivity index (χ0) is 15.5. The SMILES string of the molecule is Cn1ncnc1NC(=O)C(=O)N1C[C@@H]2[C@@H]3C=C[C@@H](C3)[C@]2(C)C1. The van der Waals surface area contributed by atoms with Crippen LogP contribution < -0.4 is 5.32 Å². The van der Waals surface area contributed by atoms with Crippen LogP contribution >= 0.6 is 0 Å². The number of nitrogens with one attached hydrogen (secondary N) is 1. The maximum atomic E-state index is 12.4. The molecule has 2 bridgehead atoms. The van der Waals surface area contributed by atoms with Gasteiger partial charge in [0.25, 0.3) is 0 Å². The Morgan fingerprint density at radius 2 is 2.23 bits per heavy atom. The Kier molecular flexibility index (Phi) is 2.70. The van der Waals surface area contributed by atoms with Gasteiger partial charge >= 0.3 is 11.8 Å². The molecule has 116 valence electrons. The van der Waals surface area contributed by atoms with Crippen molar-refractivity contribution in [1.29, 1.82) is 0 Å². The van der Waals surface area contributed by atoms with Crippen LogP contribution in [-0.4, -0.2) is 44.6 Å². The van der Waals surface area contributed by atoms with Crippen molar-refractivity contribution in [3.05, 3.63) is 18.5 Å². The molecule has 7 heteroatoms. The third-order valence-corrected chi connectivity index (χ3v) is 5.69. The summed E-state index contributed by atoms with van der Waals surface area (Å²) in [6.07, 6.45) is 7.11. The number of fused-ring (bicyclic) bond motifs is 5. The van der Waals surface area contributed by atoms with Gasteiger partial charge in [-0.05, 0) is 29.6 Å². The Morgan fingerprint density at radius 3 is 2.91 bits per heavy atom. The van der Waals surface area contributed by atoms with Crippen LogP contribution in [0.5, 0.6) is 0 Å². The molecule has 1 N–H and O–H groups in total. The first-order valence-corrected chi connectivity index (χ1v) is 7.61. The molecule has 22 heavy (non-hydrogen) atoms. The van der Waals surface area contributed by atoms with Crippen LogP contribution in [0.1, 0.15) is 13.3 Å². The second-order valence-corrected chi connectivity index (χ2v) is 6.85. The monoisotopic (exact) mass is 301 g/mol. The minimum absolute atomic E-state index is 0.125. The lowest BCUT2D eigenvalue weighted by Crippen LogP contribution is -2.40. The van der Waals surface area contributed by atoms with Gasteiger partial charge < -0.3 is 4.90 Å². The van der Waals surface area contributed by atoms with Gasteiger partial charge in [-0.15, -0.1) is 0 Å². The Balaban J connectivity index is 1.47. The standard InChI is InChI=1S/C15H19N5O2/c1-15-7-20(6-11(15)9-3-4-10(15)5-9)13(22)12(21)18-14-16-8-17-19(14)2/h3-4,8-11H,5-7H2,1-2H3,(H,16,17,18,21)/t9-,10+,11-,15+/m1/s1. The first-order valence-electron chi connectivity index (χ1n) is 7.61. The van der Waals surface area contributed by atoms with Gasteiger partial charge in [0, 0.05) is 20.1 Å². The minimum Gasteiger partial charge on any atom is -0.334 e. The maximum absolute atomic E-state index is 12.4. The molecule has 4 rings (SSSR count). The summed E-state index contributed by atoms with van der Waals surface area (Å²) in [4.78, 5) is 30.2. The molecule has 2 heterocycles. The quantitative estimate of drug-likeness (QED) is 0.602. The van der Waals surface area contributed by atoms with Gasteiger partial charge in [-0.2, -0.15) is 10.1 Å². The number of aromatic nitrogens is 3. The summed E-state index contributed by atoms with van der Waals surface area (Å²) in [7, 11) is 1.66. The summed E-state index contributed by atoms with van der Waals surface area (Å²) in [5.74, 6) is 0.759. The third kappa shape index (κ3) is 1.74. The van der Waals surface area contributed by atoms with Gasteiger partial charge in [-0.25, -0.2) is 4.68 Å². The first kappa shape index (κ1) is 13.5. The van der Waals surface area contributed by atoms with Gasteiger partial charge in [-0.1, -0.05) is 19.1 Å². The summed E-state index contributed by atoms with van der Waals surface area (Å²) < 4.78 is 1.43. The molecular formula is C15H19N5O2. The van der Waals surface area contributed by atoms with Crippen molar-refractivity contribution in [2.75, 3.05) is 18.4 Å². The molecular weight excluding hydrogens is 282 g/mol. The molecule has 3 aliphatic rings. The molecule has 0 aromatic carbocycles. The van der Waals surface area contributed by atoms with Crippen LogP contribution in [0.2, 0.25) is 0 Å². The molecule has 0 unspecified atom stereocenters. The molecule has 1 aliphatic heterocycles. The van der Waals surface area contributed by atoms with Gasteiger partial charge in [0.1, 0.15) is 6.33 Å². The Labute approximate surface area is 128 Å². The lowest BCUT2D eigenvalue weighted by atomic mass is 9.72. The lowest BCUT2D eigenvalue weighted by Gasteiger charge is -2.31. The van der Waals surface area contributed by atoms with E-state index in [-0.39, 0.29) is 11.4 Å². The van der Waals surface area contributed by atoms with Gasteiger partial charge in [0.2, 0.25) is 5.95 Å². The highest BCUT2D eigenvalue weighted by atomic mass is 16.2. The summed E-state index contributed by atoms with van der Waals surface area (Å²) >= 11 is 0. The average Bonchev–Trinajstić information content (AvgIpc) is 3.20. The van der Waals surface area contributed by atoms with Crippen molar-refractivity contribution in [3.8, 4) is 0 Å². The van der Waals surface area contributed by atoms with E-state index in [0.29, 0.717) is 30.8 Å². The van der Waals surface area contributed by atoms with E-state index in [2.05, 4.69) is 34.5 Å². The number of hydrogen-bond acceptors (Lipinski definition) is 4. The van der Waals surface area contributed by atoms with Crippen molar-refractivity contribution in [2.45, 2.75) is 13.3 Å². The van der Waals surface area contributed by atoms with Crippen LogP contribution in [0.15, 0.2) is 18.5 Å². The van der Waals surface area contributed by atoms with E-state index in [4.69, 9.17) is 0 Å². The summed E-state index contributed by atoms with van der Waals surface area (Å²) in [5.41, 5.74) is 0.125. The van der Waals surface area contributed by atoms with Gasteiger partial charge in [0.15, 0.2) is 0 Å². The van der Waals surface area contributed by atoms with E-state index >= 15 is 0 Å². The third-order valence-electron chi connectivity index (χ3n) is 5.69. The van der Waals surface area contributed by atoms with Crippen molar-refractivity contribution < 1.29 is 9.59 Å². The van der Waals surface area contributed by atoms with Gasteiger partial charge in [-0.3, -0.25) is 14.9 Å². The molecule has 0 radical (unpaired) electrons. The number of rotatable bonds is 1. The van der Waals surface area contributed by atoms with Crippen LogP contribution in [0.25, 0.3) is 0 Å². The molecule has 1 saturated carbocycles. The average molecular weight is 301 g/mol. The van der Waals surface area contributed by atoms with Gasteiger partial charge in [0.05, 0.1) is 0 Å². The number of amides is 2. The summed E-state index contributed by atoms with van der Waals surface area (Å²) in [6, 6.07) is 0. The van der Waals surface area contributed by atoms with Crippen molar-refractivity contribution in [2.24, 2.45) is 30.2 Å². The highest BCUT2D eigenvalue weighted by Crippen LogP contribution is 2.59. The Bertz CT molecular complexity index is 681. The van der Waals surface area contributed by atoms with Crippen molar-refractivity contribution in [3.63, 3.8) is 0 Å². The smallest absolute Gasteiger partial charge is 0.316 e. The van der Waals surface area contributed by atoms with E-state index < -0.39 is 11.8 Å². The van der Waals surface area contributed by atoms with Crippen LogP contribution in [-0.2, 0) is 16.6 Å². The second kappa shape index (κ2) is 4.41. The number of allylic oxidation sites excluding steroid dienone is 2. The second-order valence-electron chi connectivity index (χ2n) is 6.85. The fourth-order valence-electron chi connectivity index (χ4n) is 4.43. The van der Waals surface area contributed by atoms with E-state index in [1.807, 2.05) is 0 Å². The molecule has 2 fully saturated rings. The molecule has 4 atom stereocenters. The normalized spacial score (nSPS) is 35.0. The fourth-order valence-corrected chi connectivity index (χ4v) is 4.43. The number of carbonyl (C=O) groups is 2. The largest absolute Gasteiger partial charge is 0.334 e. The molecule has 2 aliphatic carbocycles. The predicted octanol–water partition coefficient (Wildman–Crippen LogP) is 0.424. The Morgan fingerprint density at radius 1 is 1.41 bits per heavy atom. The number of hydrogen-bond donors (Lipinski definition) is 1. The molecule has 1 aromatic rings. The number of carbonyl (C=O) groups excluding carboxylic acids is 2. The summed E-state index contributed by atoms with van der Waals surface area (Å²) in [6.45, 7) is 3.58. The summed E-state index contributed by atoms with van der Waals surface area (Å²) in [5, 5.41) is 6.40. The predicted molar refractivity (Wildman–Crippen MR) is 78.5 cm³/mol. The highest BCUT2D eigenvalue weighted by molar-refractivity contribution is 6.39. The van der Waals surface area contributed by atoms with Crippen molar-refractivity contribution >= 4 is 17.8 Å². The Hall–Kier alpha value is -2.18. The number of nitrogens with zero attached hydrogens (tertiary/aromatic N) is 4. The fraction of sp³-hybridized carbons (Fsp3) is 0.600. The lowest BCUT2D eigenvalue weighted by molar-refractivity contribution is -0.142. The van der Waals surface area contributed by atoms with Crippen LogP contribution in [0.4, 0.5) is 5.95 Å². The zero-order valence-electron chi connectivity index (χ0n) is 12.7. The van der Waals surface area contributed by atoms with Crippen LogP contribution in [0, 0.1) is 23.2 Å². The molecule has 2 amide bonds. The number of likely N-dealkylation sites (tertiary alicyclic amines) is 1. The van der Waals surface area contributed by atoms with E-state index in [1.54, 1.807) is 11.9 Å². The number of aryl methyl sites for hydroxylation is 1. The number of anilines is 1. The van der Waals surface area contributed by atoms with Crippen molar-refractivity contribution in [1.82, 2.24) is 19.7 Å². The highest BCUT2D eigenvalue weighted by Gasteiger charge is 2.58. The topological polar surface area (TPSA) is 80.1 Å². The maximum Gasteiger partial charge on any atom is 0.316 e. The molecule has 0 spiro atoms. The van der Waals surface area contributed by atoms with Crippen LogP contribution in [0.3, 0.4) is 0 Å². The minimum atomic E-state index is -0.639. The van der Waals surface area contributed by atoms with E-state index in [0.717, 1.165) is 0 Å². The molecule has 1 aromatic heterocycles.